The third-order valence-electron chi connectivity index (χ3n) is 1.63. The maximum Gasteiger partial charge on any atom is 0.224 e. The molecule has 0 saturated heterocycles. The van der Waals surface area contributed by atoms with Gasteiger partial charge in [0.05, 0.1) is 16.5 Å². The predicted octanol–water partition coefficient (Wildman–Crippen LogP) is 2.28. The Labute approximate surface area is 86.8 Å². The van der Waals surface area contributed by atoms with Gasteiger partial charge in [-0.2, -0.15) is 0 Å². The van der Waals surface area contributed by atoms with Gasteiger partial charge in [-0.05, 0) is 17.7 Å². The summed E-state index contributed by atoms with van der Waals surface area (Å²) in [6.07, 6.45) is 0.327. The molecule has 0 unspecified atom stereocenters. The van der Waals surface area contributed by atoms with Crippen LogP contribution in [0, 0.1) is 0 Å². The van der Waals surface area contributed by atoms with Crippen LogP contribution in [-0.2, 0) is 11.2 Å². The van der Waals surface area contributed by atoms with Crippen molar-refractivity contribution in [3.05, 3.63) is 33.8 Å². The van der Waals surface area contributed by atoms with E-state index in [0.29, 0.717) is 16.5 Å². The summed E-state index contributed by atoms with van der Waals surface area (Å²) < 4.78 is 0. The molecule has 13 heavy (non-hydrogen) atoms. The van der Waals surface area contributed by atoms with E-state index in [1.54, 1.807) is 25.2 Å². The minimum absolute atomic E-state index is 0.0432. The van der Waals surface area contributed by atoms with Gasteiger partial charge in [-0.3, -0.25) is 4.79 Å². The highest BCUT2D eigenvalue weighted by atomic mass is 35.5. The summed E-state index contributed by atoms with van der Waals surface area (Å²) in [5.41, 5.74) is 0.855. The highest BCUT2D eigenvalue weighted by molar-refractivity contribution is 6.42. The molecule has 0 radical (unpaired) electrons. The number of carbonyl (C=O) groups is 1. The molecule has 1 N–H and O–H groups in total. The zero-order chi connectivity index (χ0) is 9.84. The Morgan fingerprint density at radius 3 is 2.62 bits per heavy atom. The van der Waals surface area contributed by atoms with E-state index in [4.69, 9.17) is 23.2 Å². The number of nitrogens with one attached hydrogen (secondary N) is 1. The van der Waals surface area contributed by atoms with E-state index in [1.807, 2.05) is 0 Å². The van der Waals surface area contributed by atoms with Crippen molar-refractivity contribution in [2.24, 2.45) is 0 Å². The van der Waals surface area contributed by atoms with Crippen LogP contribution < -0.4 is 5.32 Å². The number of hydrogen-bond donors (Lipinski definition) is 1. The summed E-state index contributed by atoms with van der Waals surface area (Å²) in [4.78, 5) is 11.0. The van der Waals surface area contributed by atoms with Crippen molar-refractivity contribution < 1.29 is 4.79 Å². The zero-order valence-electron chi connectivity index (χ0n) is 7.10. The van der Waals surface area contributed by atoms with Crippen LogP contribution in [-0.4, -0.2) is 13.0 Å². The molecular weight excluding hydrogens is 209 g/mol. The maximum atomic E-state index is 11.0. The fourth-order valence-corrected chi connectivity index (χ4v) is 1.24. The fourth-order valence-electron chi connectivity index (χ4n) is 0.923. The highest BCUT2D eigenvalue weighted by Crippen LogP contribution is 2.22. The third-order valence-corrected chi connectivity index (χ3v) is 2.37. The van der Waals surface area contributed by atoms with Gasteiger partial charge in [0.1, 0.15) is 0 Å². The normalized spacial score (nSPS) is 9.77. The molecule has 1 aromatic carbocycles. The molecule has 4 heteroatoms. The van der Waals surface area contributed by atoms with E-state index in [-0.39, 0.29) is 5.91 Å². The number of hydrogen-bond acceptors (Lipinski definition) is 1. The SMILES string of the molecule is CNC(=O)Cc1ccc(Cl)c(Cl)c1. The van der Waals surface area contributed by atoms with E-state index in [0.717, 1.165) is 5.56 Å². The third kappa shape index (κ3) is 2.90. The van der Waals surface area contributed by atoms with E-state index in [9.17, 15) is 4.79 Å². The summed E-state index contributed by atoms with van der Waals surface area (Å²) >= 11 is 11.5. The van der Waals surface area contributed by atoms with Crippen LogP contribution in [0.4, 0.5) is 0 Å². The molecule has 1 aromatic rings. The average molecular weight is 218 g/mol. The maximum absolute atomic E-state index is 11.0. The monoisotopic (exact) mass is 217 g/mol. The number of benzene rings is 1. The first-order chi connectivity index (χ1) is 6.13. The molecule has 0 atom stereocenters. The summed E-state index contributed by atoms with van der Waals surface area (Å²) in [5, 5.41) is 3.51. The molecule has 0 heterocycles. The van der Waals surface area contributed by atoms with Crippen LogP contribution in [0.5, 0.6) is 0 Å². The lowest BCUT2D eigenvalue weighted by atomic mass is 10.1. The van der Waals surface area contributed by atoms with Gasteiger partial charge in [0.25, 0.3) is 0 Å². The molecule has 0 aromatic heterocycles. The fraction of sp³-hybridized carbons (Fsp3) is 0.222. The molecule has 1 rings (SSSR count). The van der Waals surface area contributed by atoms with Gasteiger partial charge >= 0.3 is 0 Å². The summed E-state index contributed by atoms with van der Waals surface area (Å²) in [6.45, 7) is 0. The number of amides is 1. The predicted molar refractivity (Wildman–Crippen MR) is 54.2 cm³/mol. The van der Waals surface area contributed by atoms with Crippen molar-refractivity contribution in [3.63, 3.8) is 0 Å². The lowest BCUT2D eigenvalue weighted by molar-refractivity contribution is -0.119. The van der Waals surface area contributed by atoms with Crippen LogP contribution in [0.1, 0.15) is 5.56 Å². The van der Waals surface area contributed by atoms with Crippen molar-refractivity contribution in [2.45, 2.75) is 6.42 Å². The van der Waals surface area contributed by atoms with Gasteiger partial charge in [0.2, 0.25) is 5.91 Å². The first-order valence-electron chi connectivity index (χ1n) is 3.78. The summed E-state index contributed by atoms with van der Waals surface area (Å²) in [6, 6.07) is 5.16. The van der Waals surface area contributed by atoms with Gasteiger partial charge in [0, 0.05) is 7.05 Å². The Morgan fingerprint density at radius 1 is 1.38 bits per heavy atom. The number of halogens is 2. The van der Waals surface area contributed by atoms with E-state index in [2.05, 4.69) is 5.32 Å². The van der Waals surface area contributed by atoms with Crippen molar-refractivity contribution in [1.82, 2.24) is 5.32 Å². The highest BCUT2D eigenvalue weighted by Gasteiger charge is 2.03. The van der Waals surface area contributed by atoms with Crippen LogP contribution in [0.3, 0.4) is 0 Å². The molecule has 0 aliphatic rings. The number of rotatable bonds is 2. The van der Waals surface area contributed by atoms with Crippen molar-refractivity contribution in [1.29, 1.82) is 0 Å². The Bertz CT molecular complexity index is 325. The largest absolute Gasteiger partial charge is 0.359 e. The molecule has 2 nitrogen and oxygen atoms in total. The topological polar surface area (TPSA) is 29.1 Å². The lowest BCUT2D eigenvalue weighted by Gasteiger charge is -2.01. The van der Waals surface area contributed by atoms with Crippen molar-refractivity contribution in [2.75, 3.05) is 7.05 Å². The molecule has 0 fully saturated rings. The van der Waals surface area contributed by atoms with Crippen LogP contribution in [0.2, 0.25) is 10.0 Å². The van der Waals surface area contributed by atoms with Crippen LogP contribution in [0.15, 0.2) is 18.2 Å². The molecule has 1 amide bonds. The molecule has 70 valence electrons. The van der Waals surface area contributed by atoms with Crippen molar-refractivity contribution in [3.8, 4) is 0 Å². The Morgan fingerprint density at radius 2 is 2.08 bits per heavy atom. The van der Waals surface area contributed by atoms with Crippen LogP contribution in [0.25, 0.3) is 0 Å². The van der Waals surface area contributed by atoms with E-state index in [1.165, 1.54) is 0 Å². The Hall–Kier alpha value is -0.730. The lowest BCUT2D eigenvalue weighted by Crippen LogP contribution is -2.19. The Kier molecular flexibility index (Phi) is 3.58. The van der Waals surface area contributed by atoms with E-state index < -0.39 is 0 Å². The van der Waals surface area contributed by atoms with Gasteiger partial charge in [-0.15, -0.1) is 0 Å². The first-order valence-corrected chi connectivity index (χ1v) is 4.53. The molecule has 0 aliphatic heterocycles. The molecule has 0 bridgehead atoms. The molecule has 0 spiro atoms. The molecule has 0 aliphatic carbocycles. The van der Waals surface area contributed by atoms with E-state index >= 15 is 0 Å². The van der Waals surface area contributed by atoms with Gasteiger partial charge in [-0.1, -0.05) is 29.3 Å². The standard InChI is InChI=1S/C9H9Cl2NO/c1-12-9(13)5-6-2-3-7(10)8(11)4-6/h2-4H,5H2,1H3,(H,12,13). The minimum atomic E-state index is -0.0432. The zero-order valence-corrected chi connectivity index (χ0v) is 8.62. The average Bonchev–Trinajstić information content (AvgIpc) is 2.11. The number of likely N-dealkylation sites (N-methyl/N-ethyl adjacent to an activating group) is 1. The second kappa shape index (κ2) is 4.49. The molecular formula is C9H9Cl2NO. The summed E-state index contributed by atoms with van der Waals surface area (Å²) in [5.74, 6) is -0.0432. The summed E-state index contributed by atoms with van der Waals surface area (Å²) in [7, 11) is 1.60. The van der Waals surface area contributed by atoms with Gasteiger partial charge < -0.3 is 5.32 Å². The smallest absolute Gasteiger partial charge is 0.224 e. The minimum Gasteiger partial charge on any atom is -0.359 e. The van der Waals surface area contributed by atoms with Gasteiger partial charge in [-0.25, -0.2) is 0 Å². The second-order valence-corrected chi connectivity index (χ2v) is 3.41. The quantitative estimate of drug-likeness (QED) is 0.810. The molecule has 0 saturated carbocycles. The van der Waals surface area contributed by atoms with Gasteiger partial charge in [0.15, 0.2) is 0 Å². The second-order valence-electron chi connectivity index (χ2n) is 2.60. The Balaban J connectivity index is 2.79. The first kappa shape index (κ1) is 10.4. The number of carbonyl (C=O) groups excluding carboxylic acids is 1. The van der Waals surface area contributed by atoms with Crippen LogP contribution >= 0.6 is 23.2 Å². The van der Waals surface area contributed by atoms with Crippen molar-refractivity contribution >= 4 is 29.1 Å².